The van der Waals surface area contributed by atoms with E-state index in [-0.39, 0.29) is 11.7 Å². The molecule has 1 atom stereocenters. The van der Waals surface area contributed by atoms with Crippen molar-refractivity contribution in [2.24, 2.45) is 0 Å². The van der Waals surface area contributed by atoms with Gasteiger partial charge in [0, 0.05) is 18.7 Å². The van der Waals surface area contributed by atoms with Gasteiger partial charge in [0.25, 0.3) is 0 Å². The van der Waals surface area contributed by atoms with Crippen LogP contribution in [-0.4, -0.2) is 18.3 Å². The average molecular weight is 329 g/mol. The molecule has 0 amide bonds. The predicted molar refractivity (Wildman–Crippen MR) is 86.4 cm³/mol. The summed E-state index contributed by atoms with van der Waals surface area (Å²) in [6, 6.07) is 5.80. The van der Waals surface area contributed by atoms with E-state index in [0.29, 0.717) is 10.9 Å². The Balaban J connectivity index is 1.67. The molecule has 1 aliphatic carbocycles. The topological polar surface area (TPSA) is 18.5 Å². The van der Waals surface area contributed by atoms with Gasteiger partial charge in [-0.15, -0.1) is 11.6 Å². The molecule has 1 aromatic carbocycles. The van der Waals surface area contributed by atoms with Crippen molar-refractivity contribution in [2.75, 3.05) is 6.61 Å². The van der Waals surface area contributed by atoms with Gasteiger partial charge in [-0.1, -0.05) is 36.9 Å². The molecule has 0 radical (unpaired) electrons. The highest BCUT2D eigenvalue weighted by Gasteiger charge is 2.39. The quantitative estimate of drug-likeness (QED) is 0.697. The van der Waals surface area contributed by atoms with Crippen LogP contribution < -0.4 is 4.74 Å². The van der Waals surface area contributed by atoms with E-state index in [9.17, 15) is 0 Å². The minimum atomic E-state index is 0.0592. The van der Waals surface area contributed by atoms with E-state index in [1.165, 1.54) is 32.1 Å². The molecule has 1 heterocycles. The number of halogens is 2. The second kappa shape index (κ2) is 6.76. The lowest BCUT2D eigenvalue weighted by Crippen LogP contribution is -2.45. The smallest absolute Gasteiger partial charge is 0.138 e. The number of hydrogen-bond donors (Lipinski definition) is 0. The van der Waals surface area contributed by atoms with Crippen LogP contribution in [0, 0.1) is 0 Å². The first kappa shape index (κ1) is 15.5. The Morgan fingerprint density at radius 1 is 1.24 bits per heavy atom. The molecule has 116 valence electrons. The zero-order valence-electron chi connectivity index (χ0n) is 12.2. The van der Waals surface area contributed by atoms with Gasteiger partial charge in [-0.05, 0) is 30.5 Å². The Bertz CT molecular complexity index is 478. The number of benzene rings is 1. The largest absolute Gasteiger partial charge is 0.489 e. The highest BCUT2D eigenvalue weighted by molar-refractivity contribution is 6.32. The van der Waals surface area contributed by atoms with Crippen molar-refractivity contribution in [1.82, 2.24) is 0 Å². The maximum Gasteiger partial charge on any atom is 0.138 e. The minimum Gasteiger partial charge on any atom is -0.489 e. The van der Waals surface area contributed by atoms with E-state index < -0.39 is 0 Å². The summed E-state index contributed by atoms with van der Waals surface area (Å²) in [5.74, 6) is 1.24. The standard InChI is InChI=1S/C17H22Cl2O2/c18-12-13-4-5-16(15(19)10-13)21-14-6-9-20-17(11-14)7-2-1-3-8-17/h4-5,10,14H,1-3,6-9,11-12H2. The second-order valence-electron chi connectivity index (χ2n) is 6.22. The van der Waals surface area contributed by atoms with Crippen molar-refractivity contribution >= 4 is 23.2 Å². The summed E-state index contributed by atoms with van der Waals surface area (Å²) in [6.45, 7) is 0.794. The molecule has 0 bridgehead atoms. The molecular formula is C17H22Cl2O2. The molecule has 1 saturated heterocycles. The zero-order valence-corrected chi connectivity index (χ0v) is 13.8. The summed E-state index contributed by atoms with van der Waals surface area (Å²) in [6.07, 6.45) is 8.36. The molecule has 2 fully saturated rings. The Morgan fingerprint density at radius 2 is 2.05 bits per heavy atom. The maximum atomic E-state index is 6.29. The van der Waals surface area contributed by atoms with Crippen molar-refractivity contribution in [3.8, 4) is 5.75 Å². The highest BCUT2D eigenvalue weighted by atomic mass is 35.5. The minimum absolute atomic E-state index is 0.0592. The van der Waals surface area contributed by atoms with Crippen LogP contribution >= 0.6 is 23.2 Å². The normalized spacial score (nSPS) is 25.0. The molecule has 21 heavy (non-hydrogen) atoms. The summed E-state index contributed by atoms with van der Waals surface area (Å²) < 4.78 is 12.3. The van der Waals surface area contributed by atoms with Gasteiger partial charge in [0.15, 0.2) is 0 Å². The van der Waals surface area contributed by atoms with Gasteiger partial charge in [0.1, 0.15) is 11.9 Å². The van der Waals surface area contributed by atoms with Gasteiger partial charge in [-0.2, -0.15) is 0 Å². The van der Waals surface area contributed by atoms with Gasteiger partial charge in [-0.3, -0.25) is 0 Å². The number of hydrogen-bond acceptors (Lipinski definition) is 2. The fraction of sp³-hybridized carbons (Fsp3) is 0.647. The first-order valence-corrected chi connectivity index (χ1v) is 8.77. The van der Waals surface area contributed by atoms with Crippen LogP contribution in [0.4, 0.5) is 0 Å². The summed E-state index contributed by atoms with van der Waals surface area (Å²) in [5, 5.41) is 0.650. The third-order valence-corrected chi connectivity index (χ3v) is 5.26. The summed E-state index contributed by atoms with van der Waals surface area (Å²) >= 11 is 12.1. The van der Waals surface area contributed by atoms with Crippen molar-refractivity contribution in [2.45, 2.75) is 62.5 Å². The van der Waals surface area contributed by atoms with Crippen LogP contribution in [0.1, 0.15) is 50.5 Å². The molecular weight excluding hydrogens is 307 g/mol. The molecule has 1 saturated carbocycles. The monoisotopic (exact) mass is 328 g/mol. The first-order valence-electron chi connectivity index (χ1n) is 7.86. The van der Waals surface area contributed by atoms with Crippen LogP contribution in [0.25, 0.3) is 0 Å². The SMILES string of the molecule is ClCc1ccc(OC2CCOC3(CCCCC3)C2)c(Cl)c1. The summed E-state index contributed by atoms with van der Waals surface area (Å²) in [7, 11) is 0. The van der Waals surface area contributed by atoms with Crippen LogP contribution in [0.5, 0.6) is 5.75 Å². The van der Waals surface area contributed by atoms with Crippen molar-refractivity contribution < 1.29 is 9.47 Å². The first-order chi connectivity index (χ1) is 10.2. The van der Waals surface area contributed by atoms with Gasteiger partial charge in [-0.25, -0.2) is 0 Å². The highest BCUT2D eigenvalue weighted by Crippen LogP contribution is 2.40. The van der Waals surface area contributed by atoms with Gasteiger partial charge >= 0.3 is 0 Å². The maximum absolute atomic E-state index is 6.29. The van der Waals surface area contributed by atoms with Crippen molar-refractivity contribution in [1.29, 1.82) is 0 Å². The fourth-order valence-corrected chi connectivity index (χ4v) is 3.94. The lowest BCUT2D eigenvalue weighted by Gasteiger charge is -2.43. The molecule has 4 heteroatoms. The van der Waals surface area contributed by atoms with Crippen molar-refractivity contribution in [3.63, 3.8) is 0 Å². The number of rotatable bonds is 3. The molecule has 0 aromatic heterocycles. The van der Waals surface area contributed by atoms with E-state index in [4.69, 9.17) is 32.7 Å². The fourth-order valence-electron chi connectivity index (χ4n) is 3.53. The van der Waals surface area contributed by atoms with E-state index in [1.807, 2.05) is 18.2 Å². The lowest BCUT2D eigenvalue weighted by atomic mass is 9.79. The third-order valence-electron chi connectivity index (χ3n) is 4.66. The Kier molecular flexibility index (Phi) is 4.98. The van der Waals surface area contributed by atoms with E-state index in [1.54, 1.807) is 0 Å². The lowest BCUT2D eigenvalue weighted by molar-refractivity contribution is -0.129. The molecule has 2 aliphatic rings. The number of ether oxygens (including phenoxy) is 2. The molecule has 1 spiro atoms. The van der Waals surface area contributed by atoms with E-state index in [2.05, 4.69) is 0 Å². The second-order valence-corrected chi connectivity index (χ2v) is 6.90. The molecule has 1 unspecified atom stereocenters. The van der Waals surface area contributed by atoms with Crippen LogP contribution in [-0.2, 0) is 10.6 Å². The van der Waals surface area contributed by atoms with Crippen LogP contribution in [0.15, 0.2) is 18.2 Å². The summed E-state index contributed by atoms with van der Waals surface area (Å²) in [5.41, 5.74) is 1.08. The van der Waals surface area contributed by atoms with Crippen molar-refractivity contribution in [3.05, 3.63) is 28.8 Å². The zero-order chi connectivity index (χ0) is 14.7. The number of alkyl halides is 1. The molecule has 2 nitrogen and oxygen atoms in total. The van der Waals surface area contributed by atoms with Crippen LogP contribution in [0.2, 0.25) is 5.02 Å². The van der Waals surface area contributed by atoms with Gasteiger partial charge < -0.3 is 9.47 Å². The predicted octanol–water partition coefficient (Wildman–Crippen LogP) is 5.34. The third kappa shape index (κ3) is 3.67. The molecule has 1 aliphatic heterocycles. The summed E-state index contributed by atoms with van der Waals surface area (Å²) in [4.78, 5) is 0. The van der Waals surface area contributed by atoms with Gasteiger partial charge in [0.2, 0.25) is 0 Å². The van der Waals surface area contributed by atoms with Crippen LogP contribution in [0.3, 0.4) is 0 Å². The van der Waals surface area contributed by atoms with E-state index >= 15 is 0 Å². The molecule has 0 N–H and O–H groups in total. The molecule has 1 aromatic rings. The Morgan fingerprint density at radius 3 is 2.76 bits per heavy atom. The molecule has 3 rings (SSSR count). The Hall–Kier alpha value is -0.440. The Labute approximate surface area is 136 Å². The van der Waals surface area contributed by atoms with E-state index in [0.717, 1.165) is 30.8 Å². The van der Waals surface area contributed by atoms with Gasteiger partial charge in [0.05, 0.1) is 17.2 Å². The average Bonchev–Trinajstić information content (AvgIpc) is 2.50.